The summed E-state index contributed by atoms with van der Waals surface area (Å²) in [7, 11) is 0. The van der Waals surface area contributed by atoms with Crippen molar-refractivity contribution in [2.24, 2.45) is 0 Å². The number of carbonyl (C=O) groups is 1. The lowest BCUT2D eigenvalue weighted by Gasteiger charge is -2.04. The van der Waals surface area contributed by atoms with E-state index in [0.717, 1.165) is 11.5 Å². The Bertz CT molecular complexity index is 270. The van der Waals surface area contributed by atoms with Gasteiger partial charge in [-0.25, -0.2) is 0 Å². The highest BCUT2D eigenvalue weighted by Gasteiger charge is 1.97. The van der Waals surface area contributed by atoms with Gasteiger partial charge in [-0.3, -0.25) is 4.79 Å². The summed E-state index contributed by atoms with van der Waals surface area (Å²) in [6.45, 7) is 0. The molecule has 9 heteroatoms. The van der Waals surface area contributed by atoms with Gasteiger partial charge in [-0.15, -0.1) is 11.8 Å². The van der Waals surface area contributed by atoms with Crippen LogP contribution in [0, 0.1) is 0 Å². The lowest BCUT2D eigenvalue weighted by atomic mass is 10.8. The Balaban J connectivity index is 2.97. The lowest BCUT2D eigenvalue weighted by molar-refractivity contribution is -0.133. The zero-order chi connectivity index (χ0) is 17.7. The third-order valence-electron chi connectivity index (χ3n) is 2.52. The van der Waals surface area contributed by atoms with E-state index >= 15 is 0 Å². The molecule has 2 nitrogen and oxygen atoms in total. The normalized spacial score (nSPS) is 11.0. The zero-order valence-electron chi connectivity index (χ0n) is 14.4. The number of rotatable bonds is 20. The maximum absolute atomic E-state index is 10.3. The van der Waals surface area contributed by atoms with Crippen LogP contribution < -0.4 is 0 Å². The molecule has 0 rings (SSSR count). The Labute approximate surface area is 178 Å². The third kappa shape index (κ3) is 23.9. The number of hydrogen-bond acceptors (Lipinski definition) is 8. The average Bonchev–Trinajstić information content (AvgIpc) is 2.56. The number of carboxylic acid groups (broad SMARTS) is 1. The van der Waals surface area contributed by atoms with Crippen LogP contribution in [0.15, 0.2) is 0 Å². The van der Waals surface area contributed by atoms with Gasteiger partial charge in [-0.1, -0.05) is 0 Å². The van der Waals surface area contributed by atoms with Gasteiger partial charge in [0.25, 0.3) is 0 Å². The average molecular weight is 467 g/mol. The van der Waals surface area contributed by atoms with Crippen molar-refractivity contribution >= 4 is 88.3 Å². The fourth-order valence-corrected chi connectivity index (χ4v) is 8.59. The molecule has 0 radical (unpaired) electrons. The summed E-state index contributed by atoms with van der Waals surface area (Å²) in [5.74, 6) is 14.3. The van der Waals surface area contributed by atoms with E-state index in [1.807, 2.05) is 35.3 Å². The van der Waals surface area contributed by atoms with E-state index in [9.17, 15) is 4.79 Å². The Morgan fingerprint density at radius 3 is 1.17 bits per heavy atom. The monoisotopic (exact) mass is 466 g/mol. The highest BCUT2D eigenvalue weighted by molar-refractivity contribution is 8.06. The first-order valence-electron chi connectivity index (χ1n) is 7.94. The highest BCUT2D eigenvalue weighted by atomic mass is 32.2. The minimum absolute atomic E-state index is 0.238. The van der Waals surface area contributed by atoms with E-state index in [-0.39, 0.29) is 5.75 Å². The molecular formula is C15H30O2S7. The molecule has 0 saturated carbocycles. The van der Waals surface area contributed by atoms with Crippen LogP contribution >= 0.6 is 82.3 Å². The molecule has 24 heavy (non-hydrogen) atoms. The minimum Gasteiger partial charge on any atom is -0.481 e. The molecule has 0 aromatic heterocycles. The van der Waals surface area contributed by atoms with Crippen LogP contribution in [0.4, 0.5) is 0 Å². The largest absolute Gasteiger partial charge is 0.481 e. The molecule has 0 saturated heterocycles. The van der Waals surface area contributed by atoms with Crippen LogP contribution in [0.3, 0.4) is 0 Å². The van der Waals surface area contributed by atoms with E-state index < -0.39 is 5.97 Å². The Kier molecular flexibility index (Phi) is 24.8. The fourth-order valence-electron chi connectivity index (χ4n) is 1.40. The lowest BCUT2D eigenvalue weighted by Crippen LogP contribution is -2.00. The fraction of sp³-hybridized carbons (Fsp3) is 0.933. The summed E-state index contributed by atoms with van der Waals surface area (Å²) in [5.41, 5.74) is 0. The number of thioether (sulfide) groups is 7. The standard InChI is InChI=1S/C15H30O2S7/c1-18-2-3-19-4-5-20-6-7-21-8-9-22-10-11-23-12-13-24-14-15(16)17/h2-14H2,1H3,(H,16,17). The van der Waals surface area contributed by atoms with Crippen molar-refractivity contribution in [3.8, 4) is 0 Å². The maximum atomic E-state index is 10.3. The van der Waals surface area contributed by atoms with Crippen LogP contribution in [0.25, 0.3) is 0 Å². The van der Waals surface area contributed by atoms with Crippen molar-refractivity contribution in [3.63, 3.8) is 0 Å². The van der Waals surface area contributed by atoms with Crippen molar-refractivity contribution in [2.75, 3.05) is 81.0 Å². The molecule has 0 amide bonds. The Morgan fingerprint density at radius 1 is 0.583 bits per heavy atom. The second kappa shape index (κ2) is 23.0. The van der Waals surface area contributed by atoms with Crippen molar-refractivity contribution in [1.82, 2.24) is 0 Å². The first-order valence-corrected chi connectivity index (χ1v) is 16.3. The molecule has 0 bridgehead atoms. The second-order valence-electron chi connectivity index (χ2n) is 4.50. The predicted molar refractivity (Wildman–Crippen MR) is 130 cm³/mol. The van der Waals surface area contributed by atoms with Crippen LogP contribution in [-0.4, -0.2) is 92.1 Å². The number of aliphatic carboxylic acids is 1. The third-order valence-corrected chi connectivity index (χ3v) is 10.6. The van der Waals surface area contributed by atoms with Crippen LogP contribution in [-0.2, 0) is 4.79 Å². The predicted octanol–water partition coefficient (Wildman–Crippen LogP) is 4.83. The van der Waals surface area contributed by atoms with Crippen molar-refractivity contribution in [2.45, 2.75) is 0 Å². The molecular weight excluding hydrogens is 437 g/mol. The number of hydrogen-bond donors (Lipinski definition) is 1. The smallest absolute Gasteiger partial charge is 0.313 e. The summed E-state index contributed by atoms with van der Waals surface area (Å²) in [6.07, 6.45) is 2.17. The molecule has 0 aliphatic rings. The van der Waals surface area contributed by atoms with Crippen LogP contribution in [0.2, 0.25) is 0 Å². The van der Waals surface area contributed by atoms with E-state index in [1.54, 1.807) is 0 Å². The van der Waals surface area contributed by atoms with E-state index in [1.165, 1.54) is 69.3 Å². The summed E-state index contributed by atoms with van der Waals surface area (Å²) in [4.78, 5) is 10.3. The van der Waals surface area contributed by atoms with Gasteiger partial charge in [0, 0.05) is 69.0 Å². The zero-order valence-corrected chi connectivity index (χ0v) is 20.1. The summed E-state index contributed by atoms with van der Waals surface area (Å²) in [5, 5.41) is 8.52. The van der Waals surface area contributed by atoms with E-state index in [4.69, 9.17) is 5.11 Å². The SMILES string of the molecule is CSCCSCCSCCSCCSCCSCCSCC(=O)O. The van der Waals surface area contributed by atoms with Crippen molar-refractivity contribution < 1.29 is 9.90 Å². The molecule has 0 aliphatic heterocycles. The highest BCUT2D eigenvalue weighted by Crippen LogP contribution is 2.14. The summed E-state index contributed by atoms with van der Waals surface area (Å²) in [6, 6.07) is 0. The molecule has 0 aromatic carbocycles. The van der Waals surface area contributed by atoms with Crippen molar-refractivity contribution in [3.05, 3.63) is 0 Å². The Hall–Kier alpha value is 1.92. The maximum Gasteiger partial charge on any atom is 0.313 e. The summed E-state index contributed by atoms with van der Waals surface area (Å²) < 4.78 is 0. The first-order chi connectivity index (χ1) is 11.8. The quantitative estimate of drug-likeness (QED) is 0.254. The molecule has 0 heterocycles. The van der Waals surface area contributed by atoms with E-state index in [0.29, 0.717) is 0 Å². The van der Waals surface area contributed by atoms with Gasteiger partial charge >= 0.3 is 5.97 Å². The molecule has 0 fully saturated rings. The van der Waals surface area contributed by atoms with E-state index in [2.05, 4.69) is 41.5 Å². The summed E-state index contributed by atoms with van der Waals surface area (Å²) >= 11 is 13.7. The second-order valence-corrected chi connectivity index (χ2v) is 12.7. The van der Waals surface area contributed by atoms with Gasteiger partial charge in [0.15, 0.2) is 0 Å². The molecule has 144 valence electrons. The molecule has 0 aromatic rings. The molecule has 0 aliphatic carbocycles. The van der Waals surface area contributed by atoms with Gasteiger partial charge < -0.3 is 5.11 Å². The molecule has 0 spiro atoms. The molecule has 1 N–H and O–H groups in total. The van der Waals surface area contributed by atoms with Crippen LogP contribution in [0.1, 0.15) is 0 Å². The minimum atomic E-state index is -0.707. The van der Waals surface area contributed by atoms with Gasteiger partial charge in [-0.2, -0.15) is 70.6 Å². The Morgan fingerprint density at radius 2 is 0.875 bits per heavy atom. The van der Waals surface area contributed by atoms with Crippen molar-refractivity contribution in [1.29, 1.82) is 0 Å². The van der Waals surface area contributed by atoms with Gasteiger partial charge in [0.1, 0.15) is 0 Å². The van der Waals surface area contributed by atoms with Gasteiger partial charge in [0.05, 0.1) is 5.75 Å². The first kappa shape index (κ1) is 25.9. The number of carboxylic acids is 1. The molecule has 0 unspecified atom stereocenters. The topological polar surface area (TPSA) is 37.3 Å². The molecule has 0 atom stereocenters. The van der Waals surface area contributed by atoms with Crippen LogP contribution in [0.5, 0.6) is 0 Å². The van der Waals surface area contributed by atoms with Gasteiger partial charge in [0.2, 0.25) is 0 Å². The van der Waals surface area contributed by atoms with Gasteiger partial charge in [-0.05, 0) is 6.26 Å².